The lowest BCUT2D eigenvalue weighted by atomic mass is 9.79. The number of fused-ring (bicyclic) bond motifs is 1. The van der Waals surface area contributed by atoms with Crippen LogP contribution >= 0.6 is 11.6 Å². The van der Waals surface area contributed by atoms with Gasteiger partial charge in [-0.3, -0.25) is 4.79 Å². The summed E-state index contributed by atoms with van der Waals surface area (Å²) in [4.78, 5) is 13.2. The van der Waals surface area contributed by atoms with Crippen molar-refractivity contribution in [2.45, 2.75) is 25.3 Å². The summed E-state index contributed by atoms with van der Waals surface area (Å²) in [5, 5.41) is 7.02. The van der Waals surface area contributed by atoms with Crippen LogP contribution in [0.4, 0.5) is 0 Å². The molecule has 5 nitrogen and oxygen atoms in total. The van der Waals surface area contributed by atoms with Gasteiger partial charge in [0.15, 0.2) is 0 Å². The van der Waals surface area contributed by atoms with E-state index in [9.17, 15) is 4.79 Å². The minimum atomic E-state index is -0.257. The summed E-state index contributed by atoms with van der Waals surface area (Å²) in [7, 11) is 0. The molecule has 3 heterocycles. The largest absolute Gasteiger partial charge is 0.467 e. The molecule has 0 bridgehead atoms. The number of rotatable bonds is 4. The first kappa shape index (κ1) is 19.6. The van der Waals surface area contributed by atoms with Gasteiger partial charge in [-0.15, -0.1) is 0 Å². The van der Waals surface area contributed by atoms with Crippen molar-refractivity contribution in [3.8, 4) is 0 Å². The lowest BCUT2D eigenvalue weighted by Crippen LogP contribution is -2.30. The zero-order valence-corrected chi connectivity index (χ0v) is 17.5. The molecular weight excluding hydrogens is 412 g/mol. The third-order valence-electron chi connectivity index (χ3n) is 5.71. The first-order valence-electron chi connectivity index (χ1n) is 10.3. The van der Waals surface area contributed by atoms with Crippen molar-refractivity contribution in [2.24, 2.45) is 11.0 Å². The molecular formula is C25H21ClN2O3. The van der Waals surface area contributed by atoms with Crippen LogP contribution in [0.1, 0.15) is 42.4 Å². The van der Waals surface area contributed by atoms with Gasteiger partial charge in [0.05, 0.1) is 18.2 Å². The maximum atomic E-state index is 13.2. The first-order valence-corrected chi connectivity index (χ1v) is 10.7. The van der Waals surface area contributed by atoms with E-state index in [0.29, 0.717) is 5.02 Å². The van der Waals surface area contributed by atoms with Crippen LogP contribution in [0.2, 0.25) is 5.02 Å². The number of halogens is 1. The van der Waals surface area contributed by atoms with E-state index in [1.54, 1.807) is 41.8 Å². The van der Waals surface area contributed by atoms with Crippen molar-refractivity contribution in [3.63, 3.8) is 0 Å². The highest BCUT2D eigenvalue weighted by molar-refractivity contribution is 6.30. The van der Waals surface area contributed by atoms with Crippen molar-refractivity contribution in [1.82, 2.24) is 5.01 Å². The number of carbonyl (C=O) groups excluding carboxylic acids is 1. The Hall–Kier alpha value is -3.31. The summed E-state index contributed by atoms with van der Waals surface area (Å²) in [5.74, 6) is 1.45. The number of carbonyl (C=O) groups is 1. The van der Waals surface area contributed by atoms with Crippen LogP contribution in [0, 0.1) is 5.92 Å². The predicted octanol–water partition coefficient (Wildman–Crippen LogP) is 6.36. The maximum Gasteiger partial charge on any atom is 0.267 e. The molecule has 1 aliphatic heterocycles. The van der Waals surface area contributed by atoms with E-state index in [4.69, 9.17) is 25.5 Å². The molecule has 0 radical (unpaired) electrons. The molecule has 2 unspecified atom stereocenters. The summed E-state index contributed by atoms with van der Waals surface area (Å²) < 4.78 is 11.2. The topological polar surface area (TPSA) is 59.0 Å². The first-order chi connectivity index (χ1) is 15.2. The fourth-order valence-corrected chi connectivity index (χ4v) is 4.41. The molecule has 1 aromatic carbocycles. The van der Waals surface area contributed by atoms with Gasteiger partial charge in [-0.1, -0.05) is 23.7 Å². The number of hydrogen-bond donors (Lipinski definition) is 0. The van der Waals surface area contributed by atoms with Crippen LogP contribution in [0.15, 0.2) is 86.6 Å². The van der Waals surface area contributed by atoms with Crippen molar-refractivity contribution >= 4 is 35.4 Å². The molecule has 2 aliphatic rings. The molecule has 1 saturated carbocycles. The highest BCUT2D eigenvalue weighted by Gasteiger charge is 2.44. The highest BCUT2D eigenvalue weighted by Crippen LogP contribution is 2.44. The van der Waals surface area contributed by atoms with Crippen LogP contribution in [0.5, 0.6) is 0 Å². The standard InChI is InChI=1S/C25H21ClN2O3/c26-19-11-8-17(9-12-19)10-13-23(29)28-25(22-7-3-15-31-22)21-6-1-4-18(24(21)27-28)16-20-5-2-14-30-20/h2-3,5,7-16,21,25H,1,4,6H2. The number of allylic oxidation sites excluding steroid dienone is 1. The van der Waals surface area contributed by atoms with Gasteiger partial charge in [-0.2, -0.15) is 5.10 Å². The average Bonchev–Trinajstić information content (AvgIpc) is 3.54. The lowest BCUT2D eigenvalue weighted by molar-refractivity contribution is -0.128. The lowest BCUT2D eigenvalue weighted by Gasteiger charge is -2.27. The molecule has 2 atom stereocenters. The number of nitrogens with zero attached hydrogens (tertiary/aromatic N) is 2. The van der Waals surface area contributed by atoms with E-state index in [1.165, 1.54) is 0 Å². The van der Waals surface area contributed by atoms with Crippen molar-refractivity contribution in [1.29, 1.82) is 0 Å². The third-order valence-corrected chi connectivity index (χ3v) is 5.96. The summed E-state index contributed by atoms with van der Waals surface area (Å²) in [5.41, 5.74) is 2.95. The molecule has 1 amide bonds. The molecule has 1 fully saturated rings. The van der Waals surface area contributed by atoms with E-state index >= 15 is 0 Å². The number of benzene rings is 1. The van der Waals surface area contributed by atoms with Gasteiger partial charge >= 0.3 is 0 Å². The van der Waals surface area contributed by atoms with E-state index in [1.807, 2.05) is 42.5 Å². The van der Waals surface area contributed by atoms with Gasteiger partial charge in [0.2, 0.25) is 0 Å². The zero-order chi connectivity index (χ0) is 21.2. The van der Waals surface area contributed by atoms with Gasteiger partial charge in [0, 0.05) is 17.0 Å². The molecule has 3 aromatic rings. The second kappa shape index (κ2) is 8.44. The van der Waals surface area contributed by atoms with E-state index < -0.39 is 0 Å². The van der Waals surface area contributed by atoms with Gasteiger partial charge in [0.25, 0.3) is 5.91 Å². The molecule has 1 aliphatic carbocycles. The Morgan fingerprint density at radius 1 is 1.10 bits per heavy atom. The van der Waals surface area contributed by atoms with Gasteiger partial charge in [-0.25, -0.2) is 5.01 Å². The Morgan fingerprint density at radius 3 is 2.65 bits per heavy atom. The summed E-state index contributed by atoms with van der Waals surface area (Å²) in [6, 6.07) is 14.6. The molecule has 31 heavy (non-hydrogen) atoms. The minimum Gasteiger partial charge on any atom is -0.467 e. The quantitative estimate of drug-likeness (QED) is 0.450. The molecule has 0 spiro atoms. The fourth-order valence-electron chi connectivity index (χ4n) is 4.28. The number of hydrogen-bond acceptors (Lipinski definition) is 4. The third kappa shape index (κ3) is 4.01. The molecule has 5 rings (SSSR count). The summed E-state index contributed by atoms with van der Waals surface area (Å²) in [6.45, 7) is 0. The van der Waals surface area contributed by atoms with E-state index in [2.05, 4.69) is 0 Å². The SMILES string of the molecule is O=C(C=Cc1ccc(Cl)cc1)N1N=C2C(=Cc3ccco3)CCCC2C1c1ccco1. The number of furan rings is 2. The highest BCUT2D eigenvalue weighted by atomic mass is 35.5. The number of hydrazone groups is 1. The average molecular weight is 433 g/mol. The molecule has 0 N–H and O–H groups in total. The predicted molar refractivity (Wildman–Crippen MR) is 120 cm³/mol. The molecule has 6 heteroatoms. The number of amides is 1. The van der Waals surface area contributed by atoms with Crippen LogP contribution in [0.25, 0.3) is 12.2 Å². The van der Waals surface area contributed by atoms with Gasteiger partial charge in [0.1, 0.15) is 17.6 Å². The Bertz CT molecular complexity index is 1140. The van der Waals surface area contributed by atoms with Crippen LogP contribution in [-0.4, -0.2) is 16.6 Å². The molecule has 156 valence electrons. The molecule has 0 saturated heterocycles. The second-order valence-corrected chi connectivity index (χ2v) is 8.13. The fraction of sp³-hybridized carbons (Fsp3) is 0.200. The van der Waals surface area contributed by atoms with Crippen molar-refractivity contribution < 1.29 is 13.6 Å². The van der Waals surface area contributed by atoms with Gasteiger partial charge in [-0.05, 0) is 78.9 Å². The second-order valence-electron chi connectivity index (χ2n) is 7.70. The Kier molecular flexibility index (Phi) is 5.35. The Morgan fingerprint density at radius 2 is 1.90 bits per heavy atom. The normalized spacial score (nSPS) is 22.2. The minimum absolute atomic E-state index is 0.0917. The summed E-state index contributed by atoms with van der Waals surface area (Å²) >= 11 is 5.95. The van der Waals surface area contributed by atoms with Crippen LogP contribution < -0.4 is 0 Å². The summed E-state index contributed by atoms with van der Waals surface area (Å²) in [6.07, 6.45) is 11.5. The Labute approximate surface area is 185 Å². The zero-order valence-electron chi connectivity index (χ0n) is 16.8. The van der Waals surface area contributed by atoms with Crippen LogP contribution in [-0.2, 0) is 4.79 Å². The van der Waals surface area contributed by atoms with E-state index in [0.717, 1.165) is 47.6 Å². The molecule has 2 aromatic heterocycles. The maximum absolute atomic E-state index is 13.2. The van der Waals surface area contributed by atoms with Crippen LogP contribution in [0.3, 0.4) is 0 Å². The smallest absolute Gasteiger partial charge is 0.267 e. The monoisotopic (exact) mass is 432 g/mol. The van der Waals surface area contributed by atoms with Crippen molar-refractivity contribution in [2.75, 3.05) is 0 Å². The van der Waals surface area contributed by atoms with Crippen molar-refractivity contribution in [3.05, 3.63) is 94.8 Å². The Balaban J connectivity index is 1.48. The van der Waals surface area contributed by atoms with E-state index in [-0.39, 0.29) is 17.9 Å². The van der Waals surface area contributed by atoms with Gasteiger partial charge < -0.3 is 8.83 Å².